The SMILES string of the molecule is CNC1CCC(C(C)C(C)(C)C)C1. The molecule has 1 fully saturated rings. The van der Waals surface area contributed by atoms with Crippen molar-refractivity contribution in [1.82, 2.24) is 5.32 Å². The van der Waals surface area contributed by atoms with Gasteiger partial charge in [0.2, 0.25) is 0 Å². The third-order valence-electron chi connectivity index (χ3n) is 3.95. The molecule has 1 aliphatic rings. The van der Waals surface area contributed by atoms with E-state index in [4.69, 9.17) is 0 Å². The Bertz CT molecular complexity index is 157. The van der Waals surface area contributed by atoms with Crippen LogP contribution in [0.4, 0.5) is 0 Å². The van der Waals surface area contributed by atoms with Crippen LogP contribution in [-0.2, 0) is 0 Å². The zero-order chi connectivity index (χ0) is 10.1. The summed E-state index contributed by atoms with van der Waals surface area (Å²) in [6, 6.07) is 0.787. The summed E-state index contributed by atoms with van der Waals surface area (Å²) in [5.74, 6) is 1.79. The van der Waals surface area contributed by atoms with Gasteiger partial charge in [0.15, 0.2) is 0 Å². The monoisotopic (exact) mass is 183 g/mol. The molecule has 0 saturated heterocycles. The fourth-order valence-electron chi connectivity index (χ4n) is 2.44. The summed E-state index contributed by atoms with van der Waals surface area (Å²) >= 11 is 0. The molecule has 0 heterocycles. The third kappa shape index (κ3) is 2.70. The molecule has 3 atom stereocenters. The first-order valence-corrected chi connectivity index (χ1v) is 5.62. The quantitative estimate of drug-likeness (QED) is 0.694. The molecule has 3 unspecified atom stereocenters. The second kappa shape index (κ2) is 4.00. The second-order valence-corrected chi connectivity index (χ2v) is 5.71. The van der Waals surface area contributed by atoms with Crippen LogP contribution in [-0.4, -0.2) is 13.1 Å². The Morgan fingerprint density at radius 3 is 2.23 bits per heavy atom. The average Bonchev–Trinajstić information content (AvgIpc) is 2.48. The molecule has 1 nitrogen and oxygen atoms in total. The average molecular weight is 183 g/mol. The number of hydrogen-bond acceptors (Lipinski definition) is 1. The van der Waals surface area contributed by atoms with E-state index in [1.807, 2.05) is 0 Å². The van der Waals surface area contributed by atoms with E-state index in [1.165, 1.54) is 19.3 Å². The third-order valence-corrected chi connectivity index (χ3v) is 3.95. The van der Waals surface area contributed by atoms with Crippen molar-refractivity contribution in [2.45, 2.75) is 53.0 Å². The minimum atomic E-state index is 0.479. The van der Waals surface area contributed by atoms with Gasteiger partial charge in [-0.25, -0.2) is 0 Å². The Morgan fingerprint density at radius 1 is 1.23 bits per heavy atom. The summed E-state index contributed by atoms with van der Waals surface area (Å²) < 4.78 is 0. The molecule has 0 amide bonds. The lowest BCUT2D eigenvalue weighted by Crippen LogP contribution is -2.26. The van der Waals surface area contributed by atoms with Crippen molar-refractivity contribution in [1.29, 1.82) is 0 Å². The van der Waals surface area contributed by atoms with Crippen molar-refractivity contribution in [2.24, 2.45) is 17.3 Å². The van der Waals surface area contributed by atoms with Gasteiger partial charge in [-0.3, -0.25) is 0 Å². The molecule has 13 heavy (non-hydrogen) atoms. The van der Waals surface area contributed by atoms with Gasteiger partial charge in [0.05, 0.1) is 0 Å². The molecule has 0 aliphatic heterocycles. The molecule has 1 saturated carbocycles. The summed E-state index contributed by atoms with van der Waals surface area (Å²) in [6.07, 6.45) is 4.18. The molecule has 0 aromatic rings. The highest BCUT2D eigenvalue weighted by Crippen LogP contribution is 2.40. The van der Waals surface area contributed by atoms with Crippen LogP contribution in [0.25, 0.3) is 0 Å². The van der Waals surface area contributed by atoms with Gasteiger partial charge >= 0.3 is 0 Å². The van der Waals surface area contributed by atoms with E-state index in [1.54, 1.807) is 0 Å². The van der Waals surface area contributed by atoms with Crippen LogP contribution in [0.5, 0.6) is 0 Å². The Labute approximate surface area is 83.3 Å². The van der Waals surface area contributed by atoms with Gasteiger partial charge in [0, 0.05) is 6.04 Å². The van der Waals surface area contributed by atoms with Crippen molar-refractivity contribution in [3.05, 3.63) is 0 Å². The predicted octanol–water partition coefficient (Wildman–Crippen LogP) is 3.06. The van der Waals surface area contributed by atoms with E-state index in [0.717, 1.165) is 17.9 Å². The van der Waals surface area contributed by atoms with Crippen LogP contribution in [0.2, 0.25) is 0 Å². The highest BCUT2D eigenvalue weighted by atomic mass is 14.9. The maximum Gasteiger partial charge on any atom is 0.00669 e. The maximum absolute atomic E-state index is 3.40. The molecule has 1 aliphatic carbocycles. The van der Waals surface area contributed by atoms with E-state index in [9.17, 15) is 0 Å². The largest absolute Gasteiger partial charge is 0.317 e. The van der Waals surface area contributed by atoms with Gasteiger partial charge in [-0.15, -0.1) is 0 Å². The van der Waals surface area contributed by atoms with Crippen molar-refractivity contribution in [3.63, 3.8) is 0 Å². The molecule has 0 spiro atoms. The Kier molecular flexibility index (Phi) is 3.39. The second-order valence-electron chi connectivity index (χ2n) is 5.71. The van der Waals surface area contributed by atoms with E-state index in [2.05, 4.69) is 40.1 Å². The first kappa shape index (κ1) is 11.0. The fourth-order valence-corrected chi connectivity index (χ4v) is 2.44. The summed E-state index contributed by atoms with van der Waals surface area (Å²) in [5.41, 5.74) is 0.479. The molecule has 1 heteroatoms. The zero-order valence-corrected chi connectivity index (χ0v) is 9.85. The van der Waals surface area contributed by atoms with Gasteiger partial charge in [0.25, 0.3) is 0 Å². The lowest BCUT2D eigenvalue weighted by Gasteiger charge is -2.32. The van der Waals surface area contributed by atoms with Crippen molar-refractivity contribution >= 4 is 0 Å². The van der Waals surface area contributed by atoms with Crippen molar-refractivity contribution in [2.75, 3.05) is 7.05 Å². The van der Waals surface area contributed by atoms with Gasteiger partial charge in [-0.2, -0.15) is 0 Å². The molecule has 78 valence electrons. The lowest BCUT2D eigenvalue weighted by atomic mass is 9.74. The normalized spacial score (nSPS) is 32.1. The van der Waals surface area contributed by atoms with Gasteiger partial charge in [-0.05, 0) is 43.6 Å². The molecular formula is C12H25N. The summed E-state index contributed by atoms with van der Waals surface area (Å²) in [7, 11) is 2.09. The van der Waals surface area contributed by atoms with Gasteiger partial charge in [-0.1, -0.05) is 27.7 Å². The number of hydrogen-bond donors (Lipinski definition) is 1. The summed E-state index contributed by atoms with van der Waals surface area (Å²) in [6.45, 7) is 9.52. The maximum atomic E-state index is 3.40. The summed E-state index contributed by atoms with van der Waals surface area (Å²) in [4.78, 5) is 0. The molecule has 1 rings (SSSR count). The molecule has 0 aromatic carbocycles. The van der Waals surface area contributed by atoms with Gasteiger partial charge < -0.3 is 5.32 Å². The highest BCUT2D eigenvalue weighted by molar-refractivity contribution is 4.86. The fraction of sp³-hybridized carbons (Fsp3) is 1.00. The standard InChI is InChI=1S/C12H25N/c1-9(12(2,3)4)10-6-7-11(8-10)13-5/h9-11,13H,6-8H2,1-5H3. The minimum absolute atomic E-state index is 0.479. The van der Waals surface area contributed by atoms with Crippen LogP contribution in [0.1, 0.15) is 47.0 Å². The van der Waals surface area contributed by atoms with E-state index < -0.39 is 0 Å². The minimum Gasteiger partial charge on any atom is -0.317 e. The topological polar surface area (TPSA) is 12.0 Å². The van der Waals surface area contributed by atoms with Gasteiger partial charge in [0.1, 0.15) is 0 Å². The molecule has 0 radical (unpaired) electrons. The van der Waals surface area contributed by atoms with Crippen molar-refractivity contribution in [3.8, 4) is 0 Å². The Balaban J connectivity index is 2.46. The van der Waals surface area contributed by atoms with Crippen LogP contribution in [0.3, 0.4) is 0 Å². The van der Waals surface area contributed by atoms with Crippen LogP contribution >= 0.6 is 0 Å². The summed E-state index contributed by atoms with van der Waals surface area (Å²) in [5, 5.41) is 3.40. The van der Waals surface area contributed by atoms with E-state index in [0.29, 0.717) is 5.41 Å². The smallest absolute Gasteiger partial charge is 0.00669 e. The molecule has 0 aromatic heterocycles. The molecule has 1 N–H and O–H groups in total. The molecule has 0 bridgehead atoms. The first-order valence-electron chi connectivity index (χ1n) is 5.62. The van der Waals surface area contributed by atoms with Crippen LogP contribution < -0.4 is 5.32 Å². The van der Waals surface area contributed by atoms with Crippen molar-refractivity contribution < 1.29 is 0 Å². The Morgan fingerprint density at radius 2 is 1.85 bits per heavy atom. The predicted molar refractivity (Wildman–Crippen MR) is 58.8 cm³/mol. The molecular weight excluding hydrogens is 158 g/mol. The Hall–Kier alpha value is -0.0400. The lowest BCUT2D eigenvalue weighted by molar-refractivity contribution is 0.177. The first-order chi connectivity index (χ1) is 5.95. The van der Waals surface area contributed by atoms with Crippen LogP contribution in [0, 0.1) is 17.3 Å². The van der Waals surface area contributed by atoms with E-state index in [-0.39, 0.29) is 0 Å². The number of rotatable bonds is 2. The number of nitrogens with one attached hydrogen (secondary N) is 1. The highest BCUT2D eigenvalue weighted by Gasteiger charge is 2.33. The zero-order valence-electron chi connectivity index (χ0n) is 9.85. The van der Waals surface area contributed by atoms with Crippen LogP contribution in [0.15, 0.2) is 0 Å². The van der Waals surface area contributed by atoms with E-state index >= 15 is 0 Å².